The molecule has 0 unspecified atom stereocenters. The van der Waals surface area contributed by atoms with Gasteiger partial charge in [-0.25, -0.2) is 0 Å². The van der Waals surface area contributed by atoms with Crippen molar-refractivity contribution in [2.75, 3.05) is 0 Å². The predicted molar refractivity (Wildman–Crippen MR) is 209 cm³/mol. The fourth-order valence-corrected chi connectivity index (χ4v) is 6.39. The van der Waals surface area contributed by atoms with Crippen LogP contribution in [0.15, 0.2) is 181 Å². The van der Waals surface area contributed by atoms with Crippen molar-refractivity contribution in [3.63, 3.8) is 0 Å². The first-order valence-electron chi connectivity index (χ1n) is 16.9. The third kappa shape index (κ3) is 6.80. The smallest absolute Gasteiger partial charge is 0.0774 e. The normalized spacial score (nSPS) is 10.7. The Bertz CT molecular complexity index is 2500. The summed E-state index contributed by atoms with van der Waals surface area (Å²) in [7, 11) is 0. The molecule has 1 radical (unpaired) electrons. The van der Waals surface area contributed by atoms with Crippen LogP contribution in [-0.2, 0) is 20.1 Å². The van der Waals surface area contributed by atoms with E-state index in [4.69, 9.17) is 9.40 Å². The Labute approximate surface area is 317 Å². The Kier molecular flexibility index (Phi) is 10.2. The minimum Gasteiger partial charge on any atom is -0.557 e. The van der Waals surface area contributed by atoms with E-state index in [1.54, 1.807) is 6.20 Å². The molecule has 0 aliphatic carbocycles. The van der Waals surface area contributed by atoms with Gasteiger partial charge in [0.25, 0.3) is 0 Å². The van der Waals surface area contributed by atoms with Crippen LogP contribution in [0.2, 0.25) is 0 Å². The van der Waals surface area contributed by atoms with Gasteiger partial charge < -0.3 is 14.0 Å². The van der Waals surface area contributed by atoms with Crippen LogP contribution in [0.3, 0.4) is 0 Å². The molecule has 6 aromatic carbocycles. The Morgan fingerprint density at radius 2 is 1.37 bits per heavy atom. The number of furan rings is 1. The summed E-state index contributed by atoms with van der Waals surface area (Å²) in [6.45, 7) is 6.16. The van der Waals surface area contributed by atoms with Gasteiger partial charge in [-0.2, -0.15) is 0 Å². The Balaban J connectivity index is 0.000000275. The number of pyridine rings is 1. The molecule has 3 aromatic heterocycles. The van der Waals surface area contributed by atoms with Crippen molar-refractivity contribution < 1.29 is 24.5 Å². The molecule has 0 atom stereocenters. The van der Waals surface area contributed by atoms with E-state index >= 15 is 0 Å². The summed E-state index contributed by atoms with van der Waals surface area (Å²) in [5, 5.41) is 0.963. The average Bonchev–Trinajstić information content (AvgIpc) is 3.80. The fraction of sp³-hybridized carbons (Fsp3) is 0.0213. The predicted octanol–water partition coefficient (Wildman–Crippen LogP) is 12.2. The minimum atomic E-state index is 0. The molecule has 0 spiro atoms. The van der Waals surface area contributed by atoms with Gasteiger partial charge in [-0.05, 0) is 47.5 Å². The van der Waals surface area contributed by atoms with E-state index in [0.29, 0.717) is 0 Å². The third-order valence-electron chi connectivity index (χ3n) is 8.87. The first-order valence-corrected chi connectivity index (χ1v) is 16.9. The Morgan fingerprint density at radius 3 is 2.02 bits per heavy atom. The van der Waals surface area contributed by atoms with Crippen LogP contribution in [0.1, 0.15) is 12.5 Å². The standard InChI is InChI=1S/C36H25N2O.C11H8N.Ir/c1-24(2)27-20-21-34-30(22-27)31(23-39-34)36-37-32-18-9-10-19-33(32)38(36)35-28(25-12-5-3-6-13-25)16-11-17-29(35)26-14-7-4-8-15-26;1-2-6-10(7-3-1)11-8-4-5-9-12-11;/h3-22H,1H2,2H3;1-6,8-9H;/q2*-1;. The van der Waals surface area contributed by atoms with Gasteiger partial charge >= 0.3 is 0 Å². The Morgan fingerprint density at radius 1 is 0.692 bits per heavy atom. The van der Waals surface area contributed by atoms with Gasteiger partial charge in [-0.3, -0.25) is 4.98 Å². The van der Waals surface area contributed by atoms with Crippen molar-refractivity contribution in [2.24, 2.45) is 0 Å². The maximum atomic E-state index is 5.95. The van der Waals surface area contributed by atoms with Crippen molar-refractivity contribution in [1.82, 2.24) is 14.5 Å². The molecule has 52 heavy (non-hydrogen) atoms. The molecule has 4 nitrogen and oxygen atoms in total. The zero-order chi connectivity index (χ0) is 34.6. The van der Waals surface area contributed by atoms with Gasteiger partial charge in [0.05, 0.1) is 22.5 Å². The first kappa shape index (κ1) is 34.3. The number of nitrogens with zero attached hydrogens (tertiary/aromatic N) is 3. The molecular weight excluding hydrogens is 815 g/mol. The quantitative estimate of drug-likeness (QED) is 0.157. The van der Waals surface area contributed by atoms with E-state index in [0.717, 1.165) is 83.7 Å². The zero-order valence-electron chi connectivity index (χ0n) is 28.5. The molecule has 5 heteroatoms. The summed E-state index contributed by atoms with van der Waals surface area (Å²) in [6.07, 6.45) is 4.99. The van der Waals surface area contributed by atoms with Crippen molar-refractivity contribution in [3.05, 3.63) is 194 Å². The van der Waals surface area contributed by atoms with Crippen molar-refractivity contribution in [2.45, 2.75) is 6.92 Å². The van der Waals surface area contributed by atoms with Crippen LogP contribution >= 0.6 is 0 Å². The molecule has 0 fully saturated rings. The maximum Gasteiger partial charge on any atom is 0.0774 e. The van der Waals surface area contributed by atoms with E-state index < -0.39 is 0 Å². The van der Waals surface area contributed by atoms with Gasteiger partial charge in [-0.15, -0.1) is 35.9 Å². The molecule has 9 aromatic rings. The van der Waals surface area contributed by atoms with Crippen molar-refractivity contribution in [3.8, 4) is 50.6 Å². The fourth-order valence-electron chi connectivity index (χ4n) is 6.39. The van der Waals surface area contributed by atoms with Crippen LogP contribution < -0.4 is 0 Å². The first-order chi connectivity index (χ1) is 25.2. The van der Waals surface area contributed by atoms with Crippen LogP contribution in [0.25, 0.3) is 78.2 Å². The number of aromatic nitrogens is 3. The second-order valence-corrected chi connectivity index (χ2v) is 12.3. The molecule has 253 valence electrons. The number of benzene rings is 6. The summed E-state index contributed by atoms with van der Waals surface area (Å²) >= 11 is 0. The van der Waals surface area contributed by atoms with Crippen LogP contribution in [0.5, 0.6) is 0 Å². The molecule has 9 rings (SSSR count). The van der Waals surface area contributed by atoms with E-state index in [1.165, 1.54) is 0 Å². The van der Waals surface area contributed by atoms with Gasteiger partial charge in [0, 0.05) is 49.3 Å². The molecule has 0 saturated carbocycles. The number of hydrogen-bond donors (Lipinski definition) is 0. The summed E-state index contributed by atoms with van der Waals surface area (Å²) < 4.78 is 8.22. The topological polar surface area (TPSA) is 43.9 Å². The van der Waals surface area contributed by atoms with Gasteiger partial charge in [0.1, 0.15) is 0 Å². The molecular formula is C47H33IrN3O-2. The summed E-state index contributed by atoms with van der Waals surface area (Å²) in [6, 6.07) is 58.8. The molecule has 0 aliphatic heterocycles. The van der Waals surface area contributed by atoms with E-state index in [-0.39, 0.29) is 20.1 Å². The van der Waals surface area contributed by atoms with Gasteiger partial charge in [0.15, 0.2) is 0 Å². The van der Waals surface area contributed by atoms with Crippen LogP contribution in [-0.4, -0.2) is 14.5 Å². The molecule has 0 aliphatic rings. The van der Waals surface area contributed by atoms with Gasteiger partial charge in [-0.1, -0.05) is 144 Å². The summed E-state index contributed by atoms with van der Waals surface area (Å²) in [5.41, 5.74) is 13.2. The van der Waals surface area contributed by atoms with E-state index in [9.17, 15) is 0 Å². The van der Waals surface area contributed by atoms with Crippen molar-refractivity contribution >= 4 is 27.6 Å². The molecule has 0 bridgehead atoms. The minimum absolute atomic E-state index is 0. The van der Waals surface area contributed by atoms with Gasteiger partial charge in [0.2, 0.25) is 0 Å². The molecule has 0 amide bonds. The maximum absolute atomic E-state index is 5.95. The van der Waals surface area contributed by atoms with E-state index in [2.05, 4.69) is 119 Å². The number of fused-ring (bicyclic) bond motifs is 2. The second kappa shape index (κ2) is 15.4. The Hall–Kier alpha value is -6.13. The number of rotatable bonds is 6. The molecule has 3 heterocycles. The monoisotopic (exact) mass is 848 g/mol. The molecule has 0 N–H and O–H groups in total. The number of hydrogen-bond acceptors (Lipinski definition) is 3. The molecule has 0 saturated heterocycles. The van der Waals surface area contributed by atoms with Crippen LogP contribution in [0, 0.1) is 12.3 Å². The van der Waals surface area contributed by atoms with Crippen LogP contribution in [0.4, 0.5) is 0 Å². The number of allylic oxidation sites excluding steroid dienone is 1. The third-order valence-corrected chi connectivity index (χ3v) is 8.87. The summed E-state index contributed by atoms with van der Waals surface area (Å²) in [5.74, 6) is 0.786. The van der Waals surface area contributed by atoms with Crippen molar-refractivity contribution in [1.29, 1.82) is 0 Å². The number of imidazole rings is 1. The SMILES string of the molecule is C=C(C)c1ccc2o[c-]c(-c3nc4ccccc4n3-c3c(-c4ccccc4)cccc3-c3ccccc3)c2c1.[Ir].[c-]1ccccc1-c1ccccn1. The van der Waals surface area contributed by atoms with E-state index in [1.807, 2.05) is 79.7 Å². The summed E-state index contributed by atoms with van der Waals surface area (Å²) in [4.78, 5) is 9.39. The average molecular weight is 848 g/mol. The second-order valence-electron chi connectivity index (χ2n) is 12.3. The largest absolute Gasteiger partial charge is 0.557 e. The number of para-hydroxylation sites is 3. The zero-order valence-corrected chi connectivity index (χ0v) is 30.9.